The summed E-state index contributed by atoms with van der Waals surface area (Å²) in [5, 5.41) is 5.42. The van der Waals surface area contributed by atoms with Gasteiger partial charge in [0.1, 0.15) is 10.8 Å². The molecular formula is C16H12N4O2S. The maximum absolute atomic E-state index is 11.8. The zero-order valence-electron chi connectivity index (χ0n) is 11.9. The molecule has 1 N–H and O–H groups in total. The number of furan rings is 1. The van der Waals surface area contributed by atoms with E-state index in [2.05, 4.69) is 20.5 Å². The molecule has 0 aliphatic carbocycles. The number of amides is 1. The highest BCUT2D eigenvalue weighted by molar-refractivity contribution is 7.99. The zero-order chi connectivity index (χ0) is 15.9. The third kappa shape index (κ3) is 4.27. The molecular weight excluding hydrogens is 312 g/mol. The van der Waals surface area contributed by atoms with Crippen molar-refractivity contribution in [2.45, 2.75) is 10.1 Å². The highest BCUT2D eigenvalue weighted by atomic mass is 32.2. The molecule has 7 heteroatoms. The van der Waals surface area contributed by atoms with Gasteiger partial charge in [-0.1, -0.05) is 6.07 Å². The maximum atomic E-state index is 11.8. The Morgan fingerprint density at radius 2 is 2.00 bits per heavy atom. The van der Waals surface area contributed by atoms with E-state index in [1.54, 1.807) is 36.8 Å². The summed E-state index contributed by atoms with van der Waals surface area (Å²) in [5.41, 5.74) is 2.92. The van der Waals surface area contributed by atoms with E-state index in [1.165, 1.54) is 18.0 Å². The van der Waals surface area contributed by atoms with Crippen LogP contribution < -0.4 is 5.43 Å². The van der Waals surface area contributed by atoms with Crippen LogP contribution in [0.5, 0.6) is 0 Å². The predicted octanol–water partition coefficient (Wildman–Crippen LogP) is 2.98. The number of carbonyl (C=O) groups excluding carboxylic acids is 1. The molecule has 6 nitrogen and oxygen atoms in total. The molecule has 114 valence electrons. The molecule has 3 heterocycles. The number of rotatable bonds is 5. The van der Waals surface area contributed by atoms with Crippen LogP contribution in [0.2, 0.25) is 0 Å². The summed E-state index contributed by atoms with van der Waals surface area (Å²) in [4.78, 5) is 19.8. The average Bonchev–Trinajstić information content (AvgIpc) is 3.04. The fourth-order valence-electron chi connectivity index (χ4n) is 1.69. The van der Waals surface area contributed by atoms with E-state index in [-0.39, 0.29) is 5.91 Å². The first kappa shape index (κ1) is 15.0. The van der Waals surface area contributed by atoms with E-state index in [0.29, 0.717) is 16.4 Å². The molecule has 0 radical (unpaired) electrons. The van der Waals surface area contributed by atoms with Gasteiger partial charge in [-0.3, -0.25) is 9.78 Å². The molecule has 3 aromatic heterocycles. The van der Waals surface area contributed by atoms with Crippen LogP contribution in [0.1, 0.15) is 16.1 Å². The number of carbonyl (C=O) groups is 1. The lowest BCUT2D eigenvalue weighted by Crippen LogP contribution is -2.17. The predicted molar refractivity (Wildman–Crippen MR) is 86.4 cm³/mol. The van der Waals surface area contributed by atoms with Crippen molar-refractivity contribution in [3.05, 3.63) is 72.4 Å². The SMILES string of the molecule is O=C(N/N=C\c1ccc(Sc2ccccn2)o1)c1ccncc1. The van der Waals surface area contributed by atoms with E-state index in [4.69, 9.17) is 4.42 Å². The van der Waals surface area contributed by atoms with Crippen molar-refractivity contribution in [1.82, 2.24) is 15.4 Å². The maximum Gasteiger partial charge on any atom is 0.271 e. The third-order valence-electron chi connectivity index (χ3n) is 2.75. The molecule has 0 aliphatic rings. The van der Waals surface area contributed by atoms with Crippen molar-refractivity contribution >= 4 is 23.9 Å². The number of hydrogen-bond donors (Lipinski definition) is 1. The summed E-state index contributed by atoms with van der Waals surface area (Å²) < 4.78 is 5.59. The topological polar surface area (TPSA) is 80.4 Å². The second-order valence-corrected chi connectivity index (χ2v) is 5.39. The normalized spacial score (nSPS) is 10.8. The zero-order valence-corrected chi connectivity index (χ0v) is 12.7. The Labute approximate surface area is 136 Å². The Morgan fingerprint density at radius 1 is 1.13 bits per heavy atom. The van der Waals surface area contributed by atoms with Crippen LogP contribution >= 0.6 is 11.8 Å². The summed E-state index contributed by atoms with van der Waals surface area (Å²) >= 11 is 1.41. The number of nitrogens with zero attached hydrogens (tertiary/aromatic N) is 3. The summed E-state index contributed by atoms with van der Waals surface area (Å²) in [5.74, 6) is 0.233. The Hall–Kier alpha value is -2.93. The standard InChI is InChI=1S/C16H12N4O2S/c21-16(12-6-9-17-10-7-12)20-19-11-13-4-5-15(22-13)23-14-3-1-2-8-18-14/h1-11H,(H,20,21)/b19-11-. The van der Waals surface area contributed by atoms with Crippen LogP contribution in [0.4, 0.5) is 0 Å². The minimum absolute atomic E-state index is 0.307. The lowest BCUT2D eigenvalue weighted by molar-refractivity contribution is 0.0955. The van der Waals surface area contributed by atoms with Crippen molar-refractivity contribution in [3.63, 3.8) is 0 Å². The number of hydrogen-bond acceptors (Lipinski definition) is 6. The molecule has 0 unspecified atom stereocenters. The molecule has 3 rings (SSSR count). The van der Waals surface area contributed by atoms with Gasteiger partial charge in [-0.25, -0.2) is 10.4 Å². The Bertz CT molecular complexity index is 803. The summed E-state index contributed by atoms with van der Waals surface area (Å²) in [6.07, 6.45) is 6.27. The summed E-state index contributed by atoms with van der Waals surface area (Å²) in [6.45, 7) is 0. The molecule has 0 saturated heterocycles. The van der Waals surface area contributed by atoms with E-state index in [1.807, 2.05) is 24.3 Å². The van der Waals surface area contributed by atoms with Gasteiger partial charge >= 0.3 is 0 Å². The Morgan fingerprint density at radius 3 is 2.78 bits per heavy atom. The average molecular weight is 324 g/mol. The van der Waals surface area contributed by atoms with Crippen LogP contribution in [0.15, 0.2) is 80.7 Å². The molecule has 1 amide bonds. The first-order valence-corrected chi connectivity index (χ1v) is 7.55. The highest BCUT2D eigenvalue weighted by Gasteiger charge is 2.04. The highest BCUT2D eigenvalue weighted by Crippen LogP contribution is 2.26. The molecule has 0 saturated carbocycles. The van der Waals surface area contributed by atoms with E-state index in [0.717, 1.165) is 5.03 Å². The van der Waals surface area contributed by atoms with Gasteiger partial charge in [0, 0.05) is 24.2 Å². The smallest absolute Gasteiger partial charge is 0.271 e. The summed E-state index contributed by atoms with van der Waals surface area (Å²) in [7, 11) is 0. The largest absolute Gasteiger partial charge is 0.448 e. The molecule has 0 atom stereocenters. The second-order valence-electron chi connectivity index (χ2n) is 4.36. The molecule has 0 fully saturated rings. The van der Waals surface area contributed by atoms with E-state index >= 15 is 0 Å². The monoisotopic (exact) mass is 324 g/mol. The Balaban J connectivity index is 1.57. The fourth-order valence-corrected chi connectivity index (χ4v) is 2.43. The molecule has 0 aromatic carbocycles. The number of hydrazone groups is 1. The van der Waals surface area contributed by atoms with Gasteiger partial charge in [0.25, 0.3) is 5.91 Å². The lowest BCUT2D eigenvalue weighted by atomic mass is 10.3. The van der Waals surface area contributed by atoms with Crippen molar-refractivity contribution in [2.75, 3.05) is 0 Å². The second kappa shape index (κ2) is 7.37. The first-order valence-electron chi connectivity index (χ1n) is 6.73. The van der Waals surface area contributed by atoms with Crippen molar-refractivity contribution in [1.29, 1.82) is 0 Å². The summed E-state index contributed by atoms with van der Waals surface area (Å²) in [6, 6.07) is 12.5. The van der Waals surface area contributed by atoms with Crippen LogP contribution in [-0.2, 0) is 0 Å². The van der Waals surface area contributed by atoms with Gasteiger partial charge in [-0.05, 0) is 48.2 Å². The first-order chi connectivity index (χ1) is 11.3. The van der Waals surface area contributed by atoms with Crippen LogP contribution in [0.3, 0.4) is 0 Å². The van der Waals surface area contributed by atoms with Crippen LogP contribution in [0, 0.1) is 0 Å². The van der Waals surface area contributed by atoms with Gasteiger partial charge < -0.3 is 4.42 Å². The minimum Gasteiger partial charge on any atom is -0.448 e. The van der Waals surface area contributed by atoms with Gasteiger partial charge in [-0.2, -0.15) is 5.10 Å². The Kier molecular flexibility index (Phi) is 4.80. The number of nitrogens with one attached hydrogen (secondary N) is 1. The van der Waals surface area contributed by atoms with Crippen LogP contribution in [0.25, 0.3) is 0 Å². The van der Waals surface area contributed by atoms with Gasteiger partial charge in [0.15, 0.2) is 5.09 Å². The van der Waals surface area contributed by atoms with Crippen molar-refractivity contribution in [2.24, 2.45) is 5.10 Å². The number of aromatic nitrogens is 2. The van der Waals surface area contributed by atoms with Gasteiger partial charge in [-0.15, -0.1) is 0 Å². The minimum atomic E-state index is -0.307. The molecule has 0 bridgehead atoms. The number of pyridine rings is 2. The van der Waals surface area contributed by atoms with Gasteiger partial charge in [0.2, 0.25) is 0 Å². The molecule has 3 aromatic rings. The molecule has 0 aliphatic heterocycles. The van der Waals surface area contributed by atoms with E-state index < -0.39 is 0 Å². The lowest BCUT2D eigenvalue weighted by Gasteiger charge is -1.97. The quantitative estimate of drug-likeness (QED) is 0.576. The molecule has 0 spiro atoms. The third-order valence-corrected chi connectivity index (χ3v) is 3.62. The van der Waals surface area contributed by atoms with Crippen LogP contribution in [-0.4, -0.2) is 22.1 Å². The van der Waals surface area contributed by atoms with E-state index in [9.17, 15) is 4.79 Å². The van der Waals surface area contributed by atoms with Gasteiger partial charge in [0.05, 0.1) is 6.21 Å². The van der Waals surface area contributed by atoms with Crippen molar-refractivity contribution in [3.8, 4) is 0 Å². The fraction of sp³-hybridized carbons (Fsp3) is 0. The molecule has 23 heavy (non-hydrogen) atoms. The van der Waals surface area contributed by atoms with Crippen molar-refractivity contribution < 1.29 is 9.21 Å².